The number of piperidine rings is 1. The number of nitrogens with two attached hydrogens (primary N) is 1. The van der Waals surface area contributed by atoms with Crippen LogP contribution in [0.3, 0.4) is 0 Å². The number of nitrogens with zero attached hydrogens (tertiary/aromatic N) is 2. The van der Waals surface area contributed by atoms with Gasteiger partial charge in [-0.25, -0.2) is 4.39 Å². The minimum absolute atomic E-state index is 0.290. The second-order valence-corrected chi connectivity index (χ2v) is 5.67. The smallest absolute Gasteiger partial charge is 0.147 e. The maximum Gasteiger partial charge on any atom is 0.147 e. The van der Waals surface area contributed by atoms with Crippen LogP contribution in [0.15, 0.2) is 22.7 Å². The molecule has 0 radical (unpaired) electrons. The molecule has 0 saturated carbocycles. The highest BCUT2D eigenvalue weighted by Crippen LogP contribution is 2.33. The number of hydrogen-bond acceptors (Lipinski definition) is 5. The fourth-order valence-electron chi connectivity index (χ4n) is 2.98. The number of β-amino-alcohol motifs (C(OH)–C–C–N with tert-alkyl or cyclic N) is 1. The Balaban J connectivity index is 1.68. The van der Waals surface area contributed by atoms with Crippen LogP contribution >= 0.6 is 0 Å². The Morgan fingerprint density at radius 1 is 1.43 bits per heavy atom. The molecule has 0 bridgehead atoms. The van der Waals surface area contributed by atoms with E-state index in [1.807, 2.05) is 0 Å². The second-order valence-electron chi connectivity index (χ2n) is 5.67. The molecule has 114 valence electrons. The first-order chi connectivity index (χ1) is 10.2. The van der Waals surface area contributed by atoms with Crippen molar-refractivity contribution >= 4 is 10.9 Å². The summed E-state index contributed by atoms with van der Waals surface area (Å²) in [6, 6.07) is 4.58. The predicted octanol–water partition coefficient (Wildman–Crippen LogP) is 1.47. The van der Waals surface area contributed by atoms with Crippen LogP contribution in [0.4, 0.5) is 4.39 Å². The van der Waals surface area contributed by atoms with Crippen molar-refractivity contribution in [3.8, 4) is 0 Å². The Kier molecular flexibility index (Phi) is 4.19. The van der Waals surface area contributed by atoms with E-state index in [9.17, 15) is 9.50 Å². The van der Waals surface area contributed by atoms with Gasteiger partial charge in [-0.1, -0.05) is 5.16 Å². The second kappa shape index (κ2) is 6.09. The zero-order chi connectivity index (χ0) is 14.8. The van der Waals surface area contributed by atoms with Crippen molar-refractivity contribution in [1.29, 1.82) is 0 Å². The lowest BCUT2D eigenvalue weighted by Crippen LogP contribution is -2.40. The van der Waals surface area contributed by atoms with E-state index in [-0.39, 0.29) is 12.4 Å². The van der Waals surface area contributed by atoms with Crippen molar-refractivity contribution < 1.29 is 14.0 Å². The van der Waals surface area contributed by atoms with Gasteiger partial charge in [-0.05, 0) is 38.1 Å². The first-order valence-electron chi connectivity index (χ1n) is 7.32. The normalized spacial score (nSPS) is 19.2. The molecule has 1 aromatic carbocycles. The lowest BCUT2D eigenvalue weighted by atomic mass is 9.92. The SMILES string of the molecule is NCC(O)CN1CCC(c2onc3cc(F)ccc23)CC1. The number of benzene rings is 1. The van der Waals surface area contributed by atoms with Crippen LogP contribution in [0, 0.1) is 5.82 Å². The van der Waals surface area contributed by atoms with Crippen molar-refractivity contribution in [2.45, 2.75) is 24.9 Å². The topological polar surface area (TPSA) is 75.5 Å². The van der Waals surface area contributed by atoms with E-state index in [1.54, 1.807) is 6.07 Å². The molecule has 1 atom stereocenters. The van der Waals surface area contributed by atoms with E-state index in [1.165, 1.54) is 12.1 Å². The van der Waals surface area contributed by atoms with Crippen LogP contribution in [-0.4, -0.2) is 47.4 Å². The molecular weight excluding hydrogens is 273 g/mol. The number of aliphatic hydroxyl groups excluding tert-OH is 1. The molecule has 2 heterocycles. The maximum absolute atomic E-state index is 13.2. The third-order valence-corrected chi connectivity index (χ3v) is 4.17. The summed E-state index contributed by atoms with van der Waals surface area (Å²) in [5.41, 5.74) is 6.01. The Labute approximate surface area is 122 Å². The number of halogens is 1. The van der Waals surface area contributed by atoms with Gasteiger partial charge in [0.1, 0.15) is 17.1 Å². The highest BCUT2D eigenvalue weighted by molar-refractivity contribution is 5.80. The van der Waals surface area contributed by atoms with Gasteiger partial charge in [0.2, 0.25) is 0 Å². The molecule has 0 aliphatic carbocycles. The van der Waals surface area contributed by atoms with Crippen LogP contribution in [-0.2, 0) is 0 Å². The van der Waals surface area contributed by atoms with Gasteiger partial charge in [0.25, 0.3) is 0 Å². The number of rotatable bonds is 4. The molecular formula is C15H20FN3O2. The maximum atomic E-state index is 13.2. The first-order valence-corrected chi connectivity index (χ1v) is 7.32. The molecule has 21 heavy (non-hydrogen) atoms. The van der Waals surface area contributed by atoms with Gasteiger partial charge < -0.3 is 20.3 Å². The molecule has 1 unspecified atom stereocenters. The third-order valence-electron chi connectivity index (χ3n) is 4.17. The summed E-state index contributed by atoms with van der Waals surface area (Å²) in [4.78, 5) is 2.21. The van der Waals surface area contributed by atoms with Crippen LogP contribution in [0.1, 0.15) is 24.5 Å². The molecule has 6 heteroatoms. The number of likely N-dealkylation sites (tertiary alicyclic amines) is 1. The Morgan fingerprint density at radius 3 is 2.90 bits per heavy atom. The molecule has 1 saturated heterocycles. The fraction of sp³-hybridized carbons (Fsp3) is 0.533. The van der Waals surface area contributed by atoms with Gasteiger partial charge in [-0.3, -0.25) is 0 Å². The van der Waals surface area contributed by atoms with E-state index in [2.05, 4.69) is 10.1 Å². The van der Waals surface area contributed by atoms with E-state index < -0.39 is 6.10 Å². The number of hydrogen-bond donors (Lipinski definition) is 2. The fourth-order valence-corrected chi connectivity index (χ4v) is 2.98. The van der Waals surface area contributed by atoms with Gasteiger partial charge in [0, 0.05) is 30.5 Å². The van der Waals surface area contributed by atoms with Crippen LogP contribution in [0.25, 0.3) is 10.9 Å². The molecule has 1 aromatic heterocycles. The van der Waals surface area contributed by atoms with Gasteiger partial charge in [0.05, 0.1) is 6.10 Å². The van der Waals surface area contributed by atoms with E-state index >= 15 is 0 Å². The van der Waals surface area contributed by atoms with Crippen LogP contribution in [0.2, 0.25) is 0 Å². The molecule has 2 aromatic rings. The first kappa shape index (κ1) is 14.4. The molecule has 0 amide bonds. The molecule has 5 nitrogen and oxygen atoms in total. The number of aromatic nitrogens is 1. The highest BCUT2D eigenvalue weighted by Gasteiger charge is 2.26. The summed E-state index contributed by atoms with van der Waals surface area (Å²) >= 11 is 0. The Hall–Kier alpha value is -1.50. The quantitative estimate of drug-likeness (QED) is 0.892. The number of aliphatic hydroxyl groups is 1. The lowest BCUT2D eigenvalue weighted by Gasteiger charge is -2.32. The lowest BCUT2D eigenvalue weighted by molar-refractivity contribution is 0.0998. The molecule has 3 rings (SSSR count). The van der Waals surface area contributed by atoms with Crippen molar-refractivity contribution in [2.75, 3.05) is 26.2 Å². The number of fused-ring (bicyclic) bond motifs is 1. The Bertz CT molecular complexity index is 608. The molecule has 3 N–H and O–H groups in total. The van der Waals surface area contributed by atoms with Gasteiger partial charge in [-0.15, -0.1) is 0 Å². The third kappa shape index (κ3) is 3.07. The van der Waals surface area contributed by atoms with Crippen LogP contribution in [0.5, 0.6) is 0 Å². The van der Waals surface area contributed by atoms with Crippen molar-refractivity contribution in [2.24, 2.45) is 5.73 Å². The standard InChI is InChI=1S/C15H20FN3O2/c16-11-1-2-13-14(7-11)18-21-15(13)10-3-5-19(6-4-10)9-12(20)8-17/h1-2,7,10,12,20H,3-6,8-9,17H2. The van der Waals surface area contributed by atoms with Crippen molar-refractivity contribution in [1.82, 2.24) is 10.1 Å². The monoisotopic (exact) mass is 293 g/mol. The average molecular weight is 293 g/mol. The highest BCUT2D eigenvalue weighted by atomic mass is 19.1. The zero-order valence-electron chi connectivity index (χ0n) is 11.8. The molecule has 0 spiro atoms. The molecule has 1 fully saturated rings. The Morgan fingerprint density at radius 2 is 2.19 bits per heavy atom. The van der Waals surface area contributed by atoms with Gasteiger partial charge in [-0.2, -0.15) is 0 Å². The van der Waals surface area contributed by atoms with Gasteiger partial charge >= 0.3 is 0 Å². The zero-order valence-corrected chi connectivity index (χ0v) is 11.8. The predicted molar refractivity (Wildman–Crippen MR) is 77.4 cm³/mol. The van der Waals surface area contributed by atoms with Crippen molar-refractivity contribution in [3.63, 3.8) is 0 Å². The minimum atomic E-state index is -0.462. The summed E-state index contributed by atoms with van der Waals surface area (Å²) in [7, 11) is 0. The summed E-state index contributed by atoms with van der Waals surface area (Å²) in [5.74, 6) is 0.851. The summed E-state index contributed by atoms with van der Waals surface area (Å²) in [6.07, 6.45) is 1.42. The summed E-state index contributed by atoms with van der Waals surface area (Å²) < 4.78 is 18.6. The molecule has 1 aliphatic rings. The molecule has 1 aliphatic heterocycles. The van der Waals surface area contributed by atoms with Gasteiger partial charge in [0.15, 0.2) is 0 Å². The summed E-state index contributed by atoms with van der Waals surface area (Å²) in [6.45, 7) is 2.69. The minimum Gasteiger partial charge on any atom is -0.390 e. The average Bonchev–Trinajstić information content (AvgIpc) is 2.90. The van der Waals surface area contributed by atoms with E-state index in [0.29, 0.717) is 18.0 Å². The summed E-state index contributed by atoms with van der Waals surface area (Å²) in [5, 5.41) is 14.4. The largest absolute Gasteiger partial charge is 0.390 e. The van der Waals surface area contributed by atoms with Crippen LogP contribution < -0.4 is 5.73 Å². The van der Waals surface area contributed by atoms with E-state index in [4.69, 9.17) is 10.3 Å². The van der Waals surface area contributed by atoms with E-state index in [0.717, 1.165) is 37.1 Å². The van der Waals surface area contributed by atoms with Crippen molar-refractivity contribution in [3.05, 3.63) is 29.8 Å².